The average Bonchev–Trinajstić information content (AvgIpc) is 2.42. The van der Waals surface area contributed by atoms with Gasteiger partial charge in [-0.1, -0.05) is 51.1 Å². The van der Waals surface area contributed by atoms with Crippen molar-refractivity contribution in [3.05, 3.63) is 35.9 Å². The monoisotopic (exact) mass is 369 g/mol. The van der Waals surface area contributed by atoms with Crippen LogP contribution in [0, 0.1) is 0 Å². The molecule has 24 heavy (non-hydrogen) atoms. The van der Waals surface area contributed by atoms with E-state index in [1.165, 1.54) is 0 Å². The maximum atomic E-state index is 12.7. The Morgan fingerprint density at radius 2 is 1.54 bits per heavy atom. The van der Waals surface area contributed by atoms with Crippen molar-refractivity contribution in [3.63, 3.8) is 0 Å². The summed E-state index contributed by atoms with van der Waals surface area (Å²) in [4.78, 5) is 0. The summed E-state index contributed by atoms with van der Waals surface area (Å²) in [6.45, 7) is 19.3. The maximum Gasteiger partial charge on any atom is 0.192 e. The van der Waals surface area contributed by atoms with Crippen molar-refractivity contribution in [1.82, 2.24) is 4.72 Å². The van der Waals surface area contributed by atoms with E-state index in [1.54, 1.807) is 0 Å². The molecule has 3 atom stereocenters. The highest BCUT2D eigenvalue weighted by Gasteiger charge is 2.40. The second-order valence-electron chi connectivity index (χ2n) is 8.97. The Bertz CT molecular complexity index is 547. The van der Waals surface area contributed by atoms with Crippen LogP contribution >= 0.6 is 0 Å². The zero-order valence-corrected chi connectivity index (χ0v) is 18.6. The minimum Gasteiger partial charge on any atom is -0.412 e. The lowest BCUT2D eigenvalue weighted by atomic mass is 10.0. The predicted molar refractivity (Wildman–Crippen MR) is 108 cm³/mol. The van der Waals surface area contributed by atoms with Gasteiger partial charge in [-0.3, -0.25) is 0 Å². The summed E-state index contributed by atoms with van der Waals surface area (Å²) in [5, 5.41) is 0.145. The molecule has 0 unspecified atom stereocenters. The van der Waals surface area contributed by atoms with E-state index in [2.05, 4.69) is 57.6 Å². The van der Waals surface area contributed by atoms with E-state index >= 15 is 0 Å². The summed E-state index contributed by atoms with van der Waals surface area (Å²) < 4.78 is 22.2. The van der Waals surface area contributed by atoms with E-state index in [4.69, 9.17) is 4.43 Å². The van der Waals surface area contributed by atoms with Gasteiger partial charge < -0.3 is 4.43 Å². The van der Waals surface area contributed by atoms with Crippen molar-refractivity contribution >= 4 is 19.3 Å². The smallest absolute Gasteiger partial charge is 0.192 e. The molecule has 0 heterocycles. The Hall–Kier alpha value is -0.493. The highest BCUT2D eigenvalue weighted by atomic mass is 32.2. The third-order valence-electron chi connectivity index (χ3n) is 4.71. The fourth-order valence-corrected chi connectivity index (χ4v) is 4.43. The van der Waals surface area contributed by atoms with E-state index in [9.17, 15) is 4.21 Å². The molecule has 1 N–H and O–H groups in total. The summed E-state index contributed by atoms with van der Waals surface area (Å²) in [7, 11) is -3.05. The van der Waals surface area contributed by atoms with Crippen LogP contribution in [-0.4, -0.2) is 23.4 Å². The topological polar surface area (TPSA) is 38.3 Å². The van der Waals surface area contributed by atoms with Gasteiger partial charge in [-0.15, -0.1) is 0 Å². The molecule has 0 fully saturated rings. The number of nitrogens with one attached hydrogen (secondary N) is 1. The zero-order chi connectivity index (χ0) is 18.8. The largest absolute Gasteiger partial charge is 0.412 e. The van der Waals surface area contributed by atoms with Crippen LogP contribution in [0.3, 0.4) is 0 Å². The Labute approximate surface area is 152 Å². The summed E-state index contributed by atoms with van der Waals surface area (Å²) in [5.41, 5.74) is 1.11. The summed E-state index contributed by atoms with van der Waals surface area (Å²) in [5.74, 6) is 0. The van der Waals surface area contributed by atoms with Crippen LogP contribution in [0.25, 0.3) is 0 Å². The van der Waals surface area contributed by atoms with Gasteiger partial charge in [-0.2, -0.15) is 0 Å². The molecule has 1 aromatic carbocycles. The molecular weight excluding hydrogens is 334 g/mol. The van der Waals surface area contributed by atoms with Gasteiger partial charge in [0.1, 0.15) is 0 Å². The quantitative estimate of drug-likeness (QED) is 0.701. The van der Waals surface area contributed by atoms with Crippen LogP contribution in [0.2, 0.25) is 18.1 Å². The minimum absolute atomic E-state index is 0.0559. The highest BCUT2D eigenvalue weighted by Crippen LogP contribution is 2.38. The first-order valence-electron chi connectivity index (χ1n) is 8.66. The van der Waals surface area contributed by atoms with Crippen LogP contribution in [0.1, 0.15) is 60.1 Å². The number of benzene rings is 1. The molecule has 0 aliphatic rings. The average molecular weight is 370 g/mol. The molecule has 0 radical (unpaired) electrons. The lowest BCUT2D eigenvalue weighted by Crippen LogP contribution is -2.48. The number of hydrogen-bond acceptors (Lipinski definition) is 2. The molecule has 0 saturated heterocycles. The summed E-state index contributed by atoms with van der Waals surface area (Å²) >= 11 is 0. The van der Waals surface area contributed by atoms with Crippen molar-refractivity contribution < 1.29 is 8.63 Å². The Morgan fingerprint density at radius 3 is 1.96 bits per heavy atom. The molecule has 5 heteroatoms. The third-order valence-corrected chi connectivity index (χ3v) is 10.9. The zero-order valence-electron chi connectivity index (χ0n) is 16.8. The number of rotatable bonds is 6. The molecule has 0 saturated carbocycles. The van der Waals surface area contributed by atoms with E-state index in [-0.39, 0.29) is 21.9 Å². The second-order valence-corrected chi connectivity index (χ2v) is 15.7. The molecular formula is C19H35NO2SSi. The van der Waals surface area contributed by atoms with Crippen LogP contribution in [0.15, 0.2) is 30.3 Å². The molecule has 138 valence electrons. The summed E-state index contributed by atoms with van der Waals surface area (Å²) in [6.07, 6.45) is -0.0559. The molecule has 0 aliphatic carbocycles. The highest BCUT2D eigenvalue weighted by molar-refractivity contribution is 7.84. The Balaban J connectivity index is 3.08. The van der Waals surface area contributed by atoms with E-state index in [0.29, 0.717) is 0 Å². The van der Waals surface area contributed by atoms with E-state index in [0.717, 1.165) is 5.56 Å². The SMILES string of the molecule is C[C@H](O[Si](C)(C)C(C)(C)C)[C@H](N[S@](=O)C(C)(C)C)c1ccccc1. The fraction of sp³-hybridized carbons (Fsp3) is 0.684. The van der Waals surface area contributed by atoms with Crippen LogP contribution in [0.5, 0.6) is 0 Å². The van der Waals surface area contributed by atoms with Gasteiger partial charge in [0, 0.05) is 0 Å². The lowest BCUT2D eigenvalue weighted by molar-refractivity contribution is 0.163. The second kappa shape index (κ2) is 7.81. The van der Waals surface area contributed by atoms with Gasteiger partial charge in [-0.05, 0) is 51.4 Å². The maximum absolute atomic E-state index is 12.7. The first-order valence-corrected chi connectivity index (χ1v) is 12.7. The van der Waals surface area contributed by atoms with Gasteiger partial charge in [0.05, 0.1) is 27.9 Å². The van der Waals surface area contributed by atoms with Crippen molar-refractivity contribution in [2.75, 3.05) is 0 Å². The van der Waals surface area contributed by atoms with Crippen LogP contribution in [0.4, 0.5) is 0 Å². The van der Waals surface area contributed by atoms with Crippen LogP contribution < -0.4 is 4.72 Å². The fourth-order valence-electron chi connectivity index (χ4n) is 2.10. The molecule has 0 aliphatic heterocycles. The number of hydrogen-bond donors (Lipinski definition) is 1. The molecule has 1 rings (SSSR count). The van der Waals surface area contributed by atoms with E-state index < -0.39 is 19.3 Å². The molecule has 0 bridgehead atoms. The molecule has 0 spiro atoms. The van der Waals surface area contributed by atoms with Crippen LogP contribution in [-0.2, 0) is 15.4 Å². The molecule has 0 aromatic heterocycles. The Morgan fingerprint density at radius 1 is 1.04 bits per heavy atom. The minimum atomic E-state index is -1.90. The van der Waals surface area contributed by atoms with Crippen molar-refractivity contribution in [1.29, 1.82) is 0 Å². The van der Waals surface area contributed by atoms with Crippen molar-refractivity contribution in [2.24, 2.45) is 0 Å². The van der Waals surface area contributed by atoms with Crippen molar-refractivity contribution in [3.8, 4) is 0 Å². The first-order chi connectivity index (χ1) is 10.8. The lowest BCUT2D eigenvalue weighted by Gasteiger charge is -2.41. The molecule has 3 nitrogen and oxygen atoms in total. The molecule has 1 aromatic rings. The van der Waals surface area contributed by atoms with Gasteiger partial charge in [-0.25, -0.2) is 8.93 Å². The van der Waals surface area contributed by atoms with Gasteiger partial charge in [0.25, 0.3) is 0 Å². The molecule has 0 amide bonds. The summed E-state index contributed by atoms with van der Waals surface area (Å²) in [6, 6.07) is 10.1. The normalized spacial score (nSPS) is 17.4. The van der Waals surface area contributed by atoms with Gasteiger partial charge in [0.2, 0.25) is 0 Å². The first kappa shape index (κ1) is 21.5. The predicted octanol–water partition coefficient (Wildman–Crippen LogP) is 5.19. The van der Waals surface area contributed by atoms with E-state index in [1.807, 2.05) is 39.0 Å². The Kier molecular flexibility index (Phi) is 7.01. The van der Waals surface area contributed by atoms with Crippen molar-refractivity contribution in [2.45, 2.75) is 83.5 Å². The standard InChI is InChI=1S/C19H35NO2SSi/c1-15(22-24(8,9)19(5,6)7)17(16-13-11-10-12-14-16)20-23(21)18(2,3)4/h10-15,17,20H,1-9H3/t15-,17-,23+/m0/s1. The van der Waals surface area contributed by atoms with Gasteiger partial charge >= 0.3 is 0 Å². The van der Waals surface area contributed by atoms with Gasteiger partial charge in [0.15, 0.2) is 8.32 Å². The third kappa shape index (κ3) is 5.79.